The summed E-state index contributed by atoms with van der Waals surface area (Å²) < 4.78 is 15.1. The molecule has 194 valence electrons. The highest BCUT2D eigenvalue weighted by Crippen LogP contribution is 2.30. The van der Waals surface area contributed by atoms with Gasteiger partial charge in [0.25, 0.3) is 11.5 Å². The van der Waals surface area contributed by atoms with Gasteiger partial charge in [-0.2, -0.15) is 0 Å². The highest BCUT2D eigenvalue weighted by atomic mass is 19.1. The molecule has 1 heterocycles. The number of benzene rings is 3. The Morgan fingerprint density at radius 3 is 2.58 bits per heavy atom. The van der Waals surface area contributed by atoms with Gasteiger partial charge in [0.15, 0.2) is 0 Å². The number of halogens is 1. The molecule has 1 aromatic heterocycles. The lowest BCUT2D eigenvalue weighted by Crippen LogP contribution is -2.31. The number of aryl methyl sites for hydroxylation is 2. The standard InChI is InChI=1S/C31H29FN2O4/c32-23-13-15-24(16-14-23)34-25(8-2-4-11-29(35)36)19-22-18-21(12-17-27(22)31(34)38)30(37)33-28-10-5-7-20-6-1-3-9-26(20)28/h1,3,6,9,12-19,28H,2,4-5,7-8,10-11H2,(H,33,37)(H,35,36)/t28-/m1/s1. The fraction of sp³-hybridized carbons (Fsp3) is 0.258. The van der Waals surface area contributed by atoms with E-state index in [1.807, 2.05) is 18.2 Å². The lowest BCUT2D eigenvalue weighted by Gasteiger charge is -2.26. The van der Waals surface area contributed by atoms with Gasteiger partial charge in [-0.15, -0.1) is 0 Å². The minimum atomic E-state index is -0.865. The second kappa shape index (κ2) is 11.0. The lowest BCUT2D eigenvalue weighted by atomic mass is 9.87. The van der Waals surface area contributed by atoms with E-state index in [-0.39, 0.29) is 23.9 Å². The van der Waals surface area contributed by atoms with E-state index in [0.717, 1.165) is 24.8 Å². The molecule has 0 radical (unpaired) electrons. The predicted molar refractivity (Wildman–Crippen MR) is 144 cm³/mol. The third kappa shape index (κ3) is 5.37. The molecule has 4 aromatic rings. The first-order valence-corrected chi connectivity index (χ1v) is 13.0. The molecule has 0 aliphatic heterocycles. The number of aromatic nitrogens is 1. The van der Waals surface area contributed by atoms with Gasteiger partial charge in [-0.25, -0.2) is 4.39 Å². The van der Waals surface area contributed by atoms with Crippen LogP contribution in [-0.4, -0.2) is 21.6 Å². The monoisotopic (exact) mass is 512 g/mol. The van der Waals surface area contributed by atoms with Crippen LogP contribution in [0.5, 0.6) is 0 Å². The molecule has 5 rings (SSSR count). The second-order valence-electron chi connectivity index (χ2n) is 9.77. The molecule has 0 saturated carbocycles. The van der Waals surface area contributed by atoms with Crippen LogP contribution in [0.2, 0.25) is 0 Å². The fourth-order valence-electron chi connectivity index (χ4n) is 5.30. The molecule has 38 heavy (non-hydrogen) atoms. The summed E-state index contributed by atoms with van der Waals surface area (Å²) >= 11 is 0. The second-order valence-corrected chi connectivity index (χ2v) is 9.77. The first-order valence-electron chi connectivity index (χ1n) is 13.0. The number of amides is 1. The topological polar surface area (TPSA) is 88.4 Å². The smallest absolute Gasteiger partial charge is 0.303 e. The average molecular weight is 513 g/mol. The third-order valence-electron chi connectivity index (χ3n) is 7.19. The van der Waals surface area contributed by atoms with E-state index in [9.17, 15) is 18.8 Å². The Labute approximate surface area is 219 Å². The Morgan fingerprint density at radius 1 is 1.00 bits per heavy atom. The molecule has 0 bridgehead atoms. The van der Waals surface area contributed by atoms with Crippen molar-refractivity contribution in [2.24, 2.45) is 0 Å². The number of hydrogen-bond donors (Lipinski definition) is 2. The van der Waals surface area contributed by atoms with Crippen LogP contribution in [0, 0.1) is 5.82 Å². The number of aliphatic carboxylic acids is 1. The van der Waals surface area contributed by atoms with Gasteiger partial charge >= 0.3 is 5.97 Å². The molecule has 0 unspecified atom stereocenters. The zero-order valence-electron chi connectivity index (χ0n) is 21.0. The molecule has 1 atom stereocenters. The number of hydrogen-bond acceptors (Lipinski definition) is 3. The number of nitrogens with one attached hydrogen (secondary N) is 1. The summed E-state index contributed by atoms with van der Waals surface area (Å²) in [5, 5.41) is 13.2. The fourth-order valence-corrected chi connectivity index (χ4v) is 5.30. The maximum absolute atomic E-state index is 13.6. The summed E-state index contributed by atoms with van der Waals surface area (Å²) in [4.78, 5) is 37.8. The van der Waals surface area contributed by atoms with E-state index in [0.29, 0.717) is 47.0 Å². The van der Waals surface area contributed by atoms with E-state index < -0.39 is 11.8 Å². The van der Waals surface area contributed by atoms with Crippen molar-refractivity contribution in [3.05, 3.63) is 111 Å². The van der Waals surface area contributed by atoms with E-state index in [2.05, 4.69) is 17.4 Å². The van der Waals surface area contributed by atoms with Gasteiger partial charge in [0.05, 0.1) is 6.04 Å². The predicted octanol–water partition coefficient (Wildman–Crippen LogP) is 5.73. The van der Waals surface area contributed by atoms with Crippen molar-refractivity contribution in [1.29, 1.82) is 0 Å². The molecule has 3 aromatic carbocycles. The zero-order valence-corrected chi connectivity index (χ0v) is 21.0. The molecule has 1 amide bonds. The van der Waals surface area contributed by atoms with Crippen LogP contribution in [0.25, 0.3) is 16.5 Å². The Morgan fingerprint density at radius 2 is 1.79 bits per heavy atom. The molecule has 0 spiro atoms. The molecule has 6 nitrogen and oxygen atoms in total. The maximum Gasteiger partial charge on any atom is 0.303 e. The molecule has 0 saturated heterocycles. The first kappa shape index (κ1) is 25.4. The van der Waals surface area contributed by atoms with Crippen LogP contribution >= 0.6 is 0 Å². The number of carboxylic acid groups (broad SMARTS) is 1. The van der Waals surface area contributed by atoms with Gasteiger partial charge in [0.1, 0.15) is 5.82 Å². The van der Waals surface area contributed by atoms with E-state index in [1.54, 1.807) is 34.9 Å². The molecule has 7 heteroatoms. The number of carboxylic acids is 1. The van der Waals surface area contributed by atoms with Gasteiger partial charge in [0.2, 0.25) is 0 Å². The van der Waals surface area contributed by atoms with Crippen LogP contribution < -0.4 is 10.9 Å². The van der Waals surface area contributed by atoms with Crippen molar-refractivity contribution in [1.82, 2.24) is 9.88 Å². The highest BCUT2D eigenvalue weighted by molar-refractivity contribution is 5.98. The van der Waals surface area contributed by atoms with E-state index in [1.165, 1.54) is 17.7 Å². The summed E-state index contributed by atoms with van der Waals surface area (Å²) in [5.41, 5.74) is 3.82. The average Bonchev–Trinajstić information content (AvgIpc) is 2.92. The Kier molecular flexibility index (Phi) is 7.36. The number of fused-ring (bicyclic) bond motifs is 2. The summed E-state index contributed by atoms with van der Waals surface area (Å²) in [5.74, 6) is -1.46. The highest BCUT2D eigenvalue weighted by Gasteiger charge is 2.22. The van der Waals surface area contributed by atoms with Crippen LogP contribution in [0.15, 0.2) is 77.6 Å². The zero-order chi connectivity index (χ0) is 26.6. The normalized spacial score (nSPS) is 14.7. The first-order chi connectivity index (χ1) is 18.4. The third-order valence-corrected chi connectivity index (χ3v) is 7.19. The molecule has 0 fully saturated rings. The van der Waals surface area contributed by atoms with Gasteiger partial charge in [0, 0.05) is 28.8 Å². The Hall–Kier alpha value is -4.26. The number of pyridine rings is 1. The summed E-state index contributed by atoms with van der Waals surface area (Å²) in [6, 6.07) is 20.7. The van der Waals surface area contributed by atoms with Crippen molar-refractivity contribution in [2.45, 2.75) is 51.0 Å². The summed E-state index contributed by atoms with van der Waals surface area (Å²) in [6.45, 7) is 0. The van der Waals surface area contributed by atoms with Gasteiger partial charge in [-0.3, -0.25) is 19.0 Å². The van der Waals surface area contributed by atoms with E-state index >= 15 is 0 Å². The quantitative estimate of drug-likeness (QED) is 0.295. The SMILES string of the molecule is O=C(O)CCCCc1cc2cc(C(=O)N[C@@H]3CCCc4ccccc43)ccc2c(=O)n1-c1ccc(F)cc1. The van der Waals surface area contributed by atoms with Crippen molar-refractivity contribution in [3.8, 4) is 5.69 Å². The van der Waals surface area contributed by atoms with Crippen LogP contribution in [0.1, 0.15) is 65.3 Å². The Balaban J connectivity index is 1.48. The Bertz CT molecular complexity index is 1560. The van der Waals surface area contributed by atoms with Crippen LogP contribution in [0.3, 0.4) is 0 Å². The number of carbonyl (C=O) groups is 2. The van der Waals surface area contributed by atoms with Crippen LogP contribution in [-0.2, 0) is 17.6 Å². The number of carbonyl (C=O) groups excluding carboxylic acids is 1. The van der Waals surface area contributed by atoms with Crippen LogP contribution in [0.4, 0.5) is 4.39 Å². The van der Waals surface area contributed by atoms with Crippen molar-refractivity contribution < 1.29 is 19.1 Å². The van der Waals surface area contributed by atoms with E-state index in [4.69, 9.17) is 5.11 Å². The molecular formula is C31H29FN2O4. The van der Waals surface area contributed by atoms with Crippen molar-refractivity contribution in [2.75, 3.05) is 0 Å². The number of unbranched alkanes of at least 4 members (excludes halogenated alkanes) is 1. The summed E-state index contributed by atoms with van der Waals surface area (Å²) in [7, 11) is 0. The lowest BCUT2D eigenvalue weighted by molar-refractivity contribution is -0.137. The molecule has 1 aliphatic carbocycles. The van der Waals surface area contributed by atoms with Gasteiger partial charge in [-0.1, -0.05) is 24.3 Å². The molecular weight excluding hydrogens is 483 g/mol. The van der Waals surface area contributed by atoms with Gasteiger partial charge in [-0.05, 0) is 104 Å². The maximum atomic E-state index is 13.6. The van der Waals surface area contributed by atoms with Crippen molar-refractivity contribution in [3.63, 3.8) is 0 Å². The minimum Gasteiger partial charge on any atom is -0.481 e. The largest absolute Gasteiger partial charge is 0.481 e. The molecule has 2 N–H and O–H groups in total. The van der Waals surface area contributed by atoms with Gasteiger partial charge < -0.3 is 10.4 Å². The summed E-state index contributed by atoms with van der Waals surface area (Å²) in [6.07, 6.45) is 4.44. The minimum absolute atomic E-state index is 0.0446. The number of rotatable bonds is 8. The number of nitrogens with zero attached hydrogens (tertiary/aromatic N) is 1. The van der Waals surface area contributed by atoms with Crippen molar-refractivity contribution >= 4 is 22.6 Å². The molecule has 1 aliphatic rings.